The summed E-state index contributed by atoms with van der Waals surface area (Å²) in [5.41, 5.74) is 4.00. The van der Waals surface area contributed by atoms with Gasteiger partial charge in [-0.25, -0.2) is 0 Å². The third-order valence-electron chi connectivity index (χ3n) is 2.75. The molecule has 0 saturated carbocycles. The van der Waals surface area contributed by atoms with Crippen LogP contribution in [0.15, 0.2) is 34.7 Å². The van der Waals surface area contributed by atoms with E-state index in [1.54, 1.807) is 0 Å². The minimum Gasteiger partial charge on any atom is -0.466 e. The third kappa shape index (κ3) is 2.30. The Bertz CT molecular complexity index is 466. The summed E-state index contributed by atoms with van der Waals surface area (Å²) in [5.74, 6) is 2.02. The predicted octanol–water partition coefficient (Wildman–Crippen LogP) is 3.80. The second kappa shape index (κ2) is 3.93. The molecule has 0 radical (unpaired) electrons. The summed E-state index contributed by atoms with van der Waals surface area (Å²) in [6.07, 6.45) is 0.884. The lowest BCUT2D eigenvalue weighted by Crippen LogP contribution is -1.88. The van der Waals surface area contributed by atoms with E-state index in [9.17, 15) is 0 Å². The van der Waals surface area contributed by atoms with Crippen molar-refractivity contribution in [2.24, 2.45) is 0 Å². The summed E-state index contributed by atoms with van der Waals surface area (Å²) in [6.45, 7) is 6.26. The van der Waals surface area contributed by atoms with Gasteiger partial charge in [-0.3, -0.25) is 0 Å². The van der Waals surface area contributed by atoms with Crippen LogP contribution in [0.25, 0.3) is 0 Å². The van der Waals surface area contributed by atoms with Crippen molar-refractivity contribution in [3.8, 4) is 0 Å². The highest BCUT2D eigenvalue weighted by molar-refractivity contribution is 5.31. The molecule has 0 saturated heterocycles. The highest BCUT2D eigenvalue weighted by Gasteiger charge is 2.01. The normalized spacial score (nSPS) is 10.6. The number of furan rings is 1. The van der Waals surface area contributed by atoms with Gasteiger partial charge >= 0.3 is 0 Å². The zero-order chi connectivity index (χ0) is 10.8. The summed E-state index contributed by atoms with van der Waals surface area (Å²) < 4.78 is 5.56. The molecule has 1 heteroatoms. The molecule has 0 aliphatic heterocycles. The van der Waals surface area contributed by atoms with Crippen LogP contribution in [0.4, 0.5) is 0 Å². The van der Waals surface area contributed by atoms with Crippen molar-refractivity contribution in [3.05, 3.63) is 58.5 Å². The van der Waals surface area contributed by atoms with E-state index >= 15 is 0 Å². The van der Waals surface area contributed by atoms with Crippen molar-refractivity contribution in [1.29, 1.82) is 0 Å². The Morgan fingerprint density at radius 3 is 2.33 bits per heavy atom. The first-order valence-corrected chi connectivity index (χ1v) is 5.26. The number of aryl methyl sites for hydroxylation is 3. The van der Waals surface area contributed by atoms with Gasteiger partial charge in [0.25, 0.3) is 0 Å². The first-order chi connectivity index (χ1) is 7.15. The van der Waals surface area contributed by atoms with Gasteiger partial charge in [0, 0.05) is 6.42 Å². The summed E-state index contributed by atoms with van der Waals surface area (Å²) in [4.78, 5) is 0. The van der Waals surface area contributed by atoms with E-state index in [4.69, 9.17) is 4.42 Å². The molecule has 1 nitrogen and oxygen atoms in total. The van der Waals surface area contributed by atoms with E-state index in [-0.39, 0.29) is 0 Å². The molecule has 2 aromatic rings. The Labute approximate surface area is 90.7 Å². The van der Waals surface area contributed by atoms with Crippen LogP contribution >= 0.6 is 0 Å². The van der Waals surface area contributed by atoms with Gasteiger partial charge in [0.05, 0.1) is 0 Å². The molecule has 2 rings (SSSR count). The largest absolute Gasteiger partial charge is 0.466 e. The maximum atomic E-state index is 5.56. The molecule has 0 bridgehead atoms. The Morgan fingerprint density at radius 2 is 1.73 bits per heavy atom. The highest BCUT2D eigenvalue weighted by Crippen LogP contribution is 2.15. The summed E-state index contributed by atoms with van der Waals surface area (Å²) in [6, 6.07) is 10.6. The van der Waals surface area contributed by atoms with Crippen molar-refractivity contribution < 1.29 is 4.42 Å². The van der Waals surface area contributed by atoms with Gasteiger partial charge in [-0.2, -0.15) is 0 Å². The van der Waals surface area contributed by atoms with Crippen LogP contribution in [0.2, 0.25) is 0 Å². The summed E-state index contributed by atoms with van der Waals surface area (Å²) in [5, 5.41) is 0. The van der Waals surface area contributed by atoms with Crippen LogP contribution in [0.5, 0.6) is 0 Å². The molecule has 0 aliphatic carbocycles. The number of hydrogen-bond acceptors (Lipinski definition) is 1. The molecule has 1 heterocycles. The third-order valence-corrected chi connectivity index (χ3v) is 2.75. The van der Waals surface area contributed by atoms with E-state index in [2.05, 4.69) is 32.0 Å². The van der Waals surface area contributed by atoms with Gasteiger partial charge in [-0.05, 0) is 49.6 Å². The topological polar surface area (TPSA) is 13.1 Å². The molecule has 0 unspecified atom stereocenters. The molecular weight excluding hydrogens is 184 g/mol. The first-order valence-electron chi connectivity index (χ1n) is 5.26. The average Bonchev–Trinajstić information content (AvgIpc) is 2.58. The van der Waals surface area contributed by atoms with Gasteiger partial charge in [-0.1, -0.05) is 18.2 Å². The first kappa shape index (κ1) is 10.0. The lowest BCUT2D eigenvalue weighted by Gasteiger charge is -2.03. The molecular formula is C14H16O. The fourth-order valence-electron chi connectivity index (χ4n) is 1.69. The summed E-state index contributed by atoms with van der Waals surface area (Å²) in [7, 11) is 0. The Morgan fingerprint density at radius 1 is 0.933 bits per heavy atom. The fraction of sp³-hybridized carbons (Fsp3) is 0.286. The average molecular weight is 200 g/mol. The fourth-order valence-corrected chi connectivity index (χ4v) is 1.69. The van der Waals surface area contributed by atoms with Gasteiger partial charge < -0.3 is 4.42 Å². The Balaban J connectivity index is 2.21. The Hall–Kier alpha value is -1.50. The van der Waals surface area contributed by atoms with E-state index < -0.39 is 0 Å². The monoisotopic (exact) mass is 200 g/mol. The zero-order valence-electron chi connectivity index (χ0n) is 9.50. The SMILES string of the molecule is Cc1ccc(Cc2ccc(C)c(C)c2)o1. The van der Waals surface area contributed by atoms with Gasteiger partial charge in [0.1, 0.15) is 11.5 Å². The molecule has 78 valence electrons. The van der Waals surface area contributed by atoms with E-state index in [0.717, 1.165) is 17.9 Å². The quantitative estimate of drug-likeness (QED) is 0.718. The smallest absolute Gasteiger partial charge is 0.108 e. The van der Waals surface area contributed by atoms with Crippen molar-refractivity contribution in [2.75, 3.05) is 0 Å². The van der Waals surface area contributed by atoms with Crippen LogP contribution in [0.1, 0.15) is 28.2 Å². The number of rotatable bonds is 2. The summed E-state index contributed by atoms with van der Waals surface area (Å²) >= 11 is 0. The number of benzene rings is 1. The van der Waals surface area contributed by atoms with Crippen molar-refractivity contribution in [1.82, 2.24) is 0 Å². The molecule has 0 aliphatic rings. The van der Waals surface area contributed by atoms with Crippen LogP contribution in [0.3, 0.4) is 0 Å². The molecule has 0 atom stereocenters. The molecule has 0 N–H and O–H groups in total. The maximum absolute atomic E-state index is 5.56. The van der Waals surface area contributed by atoms with Gasteiger partial charge in [0.2, 0.25) is 0 Å². The second-order valence-corrected chi connectivity index (χ2v) is 4.11. The molecule has 0 spiro atoms. The molecule has 1 aromatic carbocycles. The standard InChI is InChI=1S/C14H16O/c1-10-4-6-13(8-11(10)2)9-14-7-5-12(3)15-14/h4-8H,9H2,1-3H3. The van der Waals surface area contributed by atoms with Gasteiger partial charge in [0.15, 0.2) is 0 Å². The lowest BCUT2D eigenvalue weighted by atomic mass is 10.0. The molecule has 1 aromatic heterocycles. The number of hydrogen-bond donors (Lipinski definition) is 0. The van der Waals surface area contributed by atoms with Crippen LogP contribution in [-0.4, -0.2) is 0 Å². The predicted molar refractivity (Wildman–Crippen MR) is 62.2 cm³/mol. The van der Waals surface area contributed by atoms with Crippen LogP contribution < -0.4 is 0 Å². The van der Waals surface area contributed by atoms with Crippen molar-refractivity contribution in [3.63, 3.8) is 0 Å². The Kier molecular flexibility index (Phi) is 2.63. The molecule has 15 heavy (non-hydrogen) atoms. The van der Waals surface area contributed by atoms with E-state index in [1.165, 1.54) is 16.7 Å². The van der Waals surface area contributed by atoms with Crippen molar-refractivity contribution >= 4 is 0 Å². The highest BCUT2D eigenvalue weighted by atomic mass is 16.3. The maximum Gasteiger partial charge on any atom is 0.108 e. The lowest BCUT2D eigenvalue weighted by molar-refractivity contribution is 0.493. The van der Waals surface area contributed by atoms with Crippen LogP contribution in [0, 0.1) is 20.8 Å². The molecule has 0 fully saturated rings. The van der Waals surface area contributed by atoms with Gasteiger partial charge in [-0.15, -0.1) is 0 Å². The zero-order valence-corrected chi connectivity index (χ0v) is 9.50. The minimum atomic E-state index is 0.884. The second-order valence-electron chi connectivity index (χ2n) is 4.11. The minimum absolute atomic E-state index is 0.884. The van der Waals surface area contributed by atoms with E-state index in [0.29, 0.717) is 0 Å². The molecule has 0 amide bonds. The van der Waals surface area contributed by atoms with E-state index in [1.807, 2.05) is 19.1 Å². The van der Waals surface area contributed by atoms with Crippen molar-refractivity contribution in [2.45, 2.75) is 27.2 Å². The van der Waals surface area contributed by atoms with Crippen LogP contribution in [-0.2, 0) is 6.42 Å².